The molecule has 3 atom stereocenters. The molecule has 0 aromatic rings. The summed E-state index contributed by atoms with van der Waals surface area (Å²) in [6, 6.07) is 0.382. The number of thioether (sulfide) groups is 1. The summed E-state index contributed by atoms with van der Waals surface area (Å²) in [6.07, 6.45) is 4.81. The average molecular weight is 319 g/mol. The lowest BCUT2D eigenvalue weighted by Crippen LogP contribution is -2.50. The number of ether oxygens (including phenoxy) is 1. The van der Waals surface area contributed by atoms with Crippen molar-refractivity contribution in [1.82, 2.24) is 5.32 Å². The van der Waals surface area contributed by atoms with Crippen LogP contribution >= 0.6 is 11.8 Å². The van der Waals surface area contributed by atoms with Gasteiger partial charge in [0.25, 0.3) is 0 Å². The molecule has 2 aliphatic heterocycles. The second-order valence-corrected chi connectivity index (χ2v) is 8.20. The van der Waals surface area contributed by atoms with Crippen molar-refractivity contribution < 1.29 is 13.5 Å². The summed E-state index contributed by atoms with van der Waals surface area (Å²) in [4.78, 5) is 0. The molecule has 3 rings (SSSR count). The molecule has 0 radical (unpaired) electrons. The molecule has 1 aliphatic carbocycles. The van der Waals surface area contributed by atoms with Crippen molar-refractivity contribution in [3.05, 3.63) is 0 Å². The van der Waals surface area contributed by atoms with Gasteiger partial charge in [-0.05, 0) is 56.7 Å². The molecule has 0 aromatic heterocycles. The van der Waals surface area contributed by atoms with Crippen molar-refractivity contribution >= 4 is 11.8 Å². The van der Waals surface area contributed by atoms with E-state index in [0.29, 0.717) is 30.7 Å². The van der Waals surface area contributed by atoms with Gasteiger partial charge in [0.05, 0.1) is 5.60 Å². The second-order valence-electron chi connectivity index (χ2n) is 7.09. The third kappa shape index (κ3) is 3.56. The van der Waals surface area contributed by atoms with Gasteiger partial charge in [0, 0.05) is 31.2 Å². The van der Waals surface area contributed by atoms with Crippen LogP contribution in [0.15, 0.2) is 0 Å². The first-order chi connectivity index (χ1) is 10.0. The molecule has 3 unspecified atom stereocenters. The molecule has 0 aromatic carbocycles. The van der Waals surface area contributed by atoms with E-state index >= 15 is 0 Å². The van der Waals surface area contributed by atoms with Gasteiger partial charge in [-0.3, -0.25) is 0 Å². The summed E-state index contributed by atoms with van der Waals surface area (Å²) in [6.45, 7) is 0.840. The van der Waals surface area contributed by atoms with Gasteiger partial charge in [0.15, 0.2) is 0 Å². The summed E-state index contributed by atoms with van der Waals surface area (Å²) < 4.78 is 32.9. The Bertz CT molecular complexity index is 350. The number of halogens is 2. The first kappa shape index (κ1) is 16.0. The van der Waals surface area contributed by atoms with Crippen molar-refractivity contribution in [2.45, 2.75) is 62.5 Å². The van der Waals surface area contributed by atoms with Crippen molar-refractivity contribution in [2.24, 2.45) is 11.8 Å². The molecule has 122 valence electrons. The molecule has 1 spiro atoms. The number of nitrogens with one attached hydrogen (secondary N) is 1. The van der Waals surface area contributed by atoms with E-state index in [2.05, 4.69) is 5.32 Å². The van der Waals surface area contributed by atoms with Crippen molar-refractivity contribution in [3.8, 4) is 0 Å². The predicted octanol–water partition coefficient (Wildman–Crippen LogP) is 3.70. The summed E-state index contributed by atoms with van der Waals surface area (Å²) in [7, 11) is 2.00. The Morgan fingerprint density at radius 2 is 1.90 bits per heavy atom. The van der Waals surface area contributed by atoms with Crippen LogP contribution < -0.4 is 5.32 Å². The van der Waals surface area contributed by atoms with E-state index in [1.54, 1.807) is 0 Å². The van der Waals surface area contributed by atoms with Crippen LogP contribution in [0.25, 0.3) is 0 Å². The fourth-order valence-corrected chi connectivity index (χ4v) is 5.89. The zero-order valence-corrected chi connectivity index (χ0v) is 13.7. The van der Waals surface area contributed by atoms with Crippen LogP contribution in [0.5, 0.6) is 0 Å². The predicted molar refractivity (Wildman–Crippen MR) is 83.1 cm³/mol. The highest BCUT2D eigenvalue weighted by molar-refractivity contribution is 7.99. The zero-order valence-electron chi connectivity index (χ0n) is 12.9. The Hall–Kier alpha value is 0.130. The molecule has 2 nitrogen and oxygen atoms in total. The monoisotopic (exact) mass is 319 g/mol. The van der Waals surface area contributed by atoms with Crippen LogP contribution in [-0.2, 0) is 4.74 Å². The maximum absolute atomic E-state index is 13.4. The standard InChI is InChI=1S/C16H27F2NOS/c1-19-14(12-2-5-16(17,18)6-3-12)13-4-8-20-15(10-13)7-9-21-11-15/h12-14,19H,2-11H2,1H3. The minimum absolute atomic E-state index is 0.0695. The van der Waals surface area contributed by atoms with Crippen LogP contribution in [0.1, 0.15) is 44.9 Å². The lowest BCUT2D eigenvalue weighted by atomic mass is 9.72. The molecule has 1 N–H and O–H groups in total. The van der Waals surface area contributed by atoms with Crippen LogP contribution in [0.3, 0.4) is 0 Å². The van der Waals surface area contributed by atoms with Crippen LogP contribution in [-0.4, -0.2) is 42.7 Å². The van der Waals surface area contributed by atoms with E-state index in [1.165, 1.54) is 5.75 Å². The first-order valence-corrected chi connectivity index (χ1v) is 9.46. The van der Waals surface area contributed by atoms with Gasteiger partial charge in [0.2, 0.25) is 5.92 Å². The van der Waals surface area contributed by atoms with Crippen LogP contribution in [0, 0.1) is 11.8 Å². The fourth-order valence-electron chi connectivity index (χ4n) is 4.51. The Kier molecular flexibility index (Phi) is 4.82. The van der Waals surface area contributed by atoms with E-state index in [-0.39, 0.29) is 18.4 Å². The zero-order chi connectivity index (χ0) is 14.9. The maximum atomic E-state index is 13.4. The second kappa shape index (κ2) is 6.32. The first-order valence-electron chi connectivity index (χ1n) is 8.30. The Morgan fingerprint density at radius 1 is 1.14 bits per heavy atom. The Morgan fingerprint density at radius 3 is 2.52 bits per heavy atom. The molecule has 2 saturated heterocycles. The molecular weight excluding hydrogens is 292 g/mol. The van der Waals surface area contributed by atoms with Gasteiger partial charge in [-0.25, -0.2) is 8.78 Å². The van der Waals surface area contributed by atoms with Crippen molar-refractivity contribution in [1.29, 1.82) is 0 Å². The highest BCUT2D eigenvalue weighted by atomic mass is 32.2. The number of alkyl halides is 2. The van der Waals surface area contributed by atoms with Crippen molar-refractivity contribution in [2.75, 3.05) is 25.2 Å². The van der Waals surface area contributed by atoms with Crippen LogP contribution in [0.4, 0.5) is 8.78 Å². The highest BCUT2D eigenvalue weighted by Gasteiger charge is 2.45. The lowest BCUT2D eigenvalue weighted by Gasteiger charge is -2.44. The molecule has 21 heavy (non-hydrogen) atoms. The molecule has 2 heterocycles. The minimum Gasteiger partial charge on any atom is -0.374 e. The molecular formula is C16H27F2NOS. The van der Waals surface area contributed by atoms with Gasteiger partial charge >= 0.3 is 0 Å². The fraction of sp³-hybridized carbons (Fsp3) is 1.00. The van der Waals surface area contributed by atoms with Crippen LogP contribution in [0.2, 0.25) is 0 Å². The number of rotatable bonds is 3. The van der Waals surface area contributed by atoms with Gasteiger partial charge in [-0.2, -0.15) is 11.8 Å². The molecule has 3 aliphatic rings. The van der Waals surface area contributed by atoms with E-state index in [0.717, 1.165) is 31.6 Å². The molecule has 0 amide bonds. The minimum atomic E-state index is -2.42. The summed E-state index contributed by atoms with van der Waals surface area (Å²) in [5.41, 5.74) is 0.0846. The SMILES string of the molecule is CNC(C1CCC(F)(F)CC1)C1CCOC2(CCSC2)C1. The van der Waals surface area contributed by atoms with Gasteiger partial charge in [-0.15, -0.1) is 0 Å². The van der Waals surface area contributed by atoms with Gasteiger partial charge in [-0.1, -0.05) is 0 Å². The average Bonchev–Trinajstić information content (AvgIpc) is 2.89. The summed E-state index contributed by atoms with van der Waals surface area (Å²) in [5.74, 6) is 0.881. The summed E-state index contributed by atoms with van der Waals surface area (Å²) in [5, 5.41) is 3.47. The topological polar surface area (TPSA) is 21.3 Å². The van der Waals surface area contributed by atoms with E-state index in [9.17, 15) is 8.78 Å². The van der Waals surface area contributed by atoms with Crippen molar-refractivity contribution in [3.63, 3.8) is 0 Å². The highest BCUT2D eigenvalue weighted by Crippen LogP contribution is 2.45. The lowest BCUT2D eigenvalue weighted by molar-refractivity contribution is -0.0950. The molecule has 1 saturated carbocycles. The normalized spacial score (nSPS) is 38.7. The third-order valence-corrected chi connectivity index (χ3v) is 6.93. The Labute approximate surface area is 130 Å². The molecule has 5 heteroatoms. The maximum Gasteiger partial charge on any atom is 0.248 e. The van der Waals surface area contributed by atoms with Gasteiger partial charge < -0.3 is 10.1 Å². The molecule has 3 fully saturated rings. The van der Waals surface area contributed by atoms with E-state index in [1.807, 2.05) is 18.8 Å². The van der Waals surface area contributed by atoms with Gasteiger partial charge in [0.1, 0.15) is 0 Å². The quantitative estimate of drug-likeness (QED) is 0.857. The third-order valence-electron chi connectivity index (χ3n) is 5.71. The van der Waals surface area contributed by atoms with E-state index in [4.69, 9.17) is 4.74 Å². The molecule has 0 bridgehead atoms. The Balaban J connectivity index is 1.63. The number of hydrogen-bond donors (Lipinski definition) is 1. The smallest absolute Gasteiger partial charge is 0.248 e. The summed E-state index contributed by atoms with van der Waals surface area (Å²) >= 11 is 1.99. The van der Waals surface area contributed by atoms with E-state index < -0.39 is 5.92 Å². The largest absolute Gasteiger partial charge is 0.374 e. The number of hydrogen-bond acceptors (Lipinski definition) is 3.